The van der Waals surface area contributed by atoms with E-state index in [1.54, 1.807) is 6.20 Å². The van der Waals surface area contributed by atoms with Crippen molar-refractivity contribution >= 4 is 23.3 Å². The zero-order valence-electron chi connectivity index (χ0n) is 15.4. The Balaban J connectivity index is 1.41. The monoisotopic (exact) mass is 375 g/mol. The predicted octanol–water partition coefficient (Wildman–Crippen LogP) is 3.23. The molecule has 0 aromatic carbocycles. The molecular formula is C20H29N3O2S. The third-order valence-electron chi connectivity index (χ3n) is 5.30. The van der Waals surface area contributed by atoms with Crippen LogP contribution in [0.1, 0.15) is 56.9 Å². The van der Waals surface area contributed by atoms with E-state index in [-0.39, 0.29) is 12.0 Å². The maximum atomic E-state index is 12.5. The summed E-state index contributed by atoms with van der Waals surface area (Å²) in [6, 6.07) is 4.21. The van der Waals surface area contributed by atoms with E-state index in [0.717, 1.165) is 37.3 Å². The van der Waals surface area contributed by atoms with Gasteiger partial charge in [-0.3, -0.25) is 4.98 Å². The first-order valence-corrected chi connectivity index (χ1v) is 10.3. The van der Waals surface area contributed by atoms with Crippen molar-refractivity contribution in [2.75, 3.05) is 13.2 Å². The van der Waals surface area contributed by atoms with Crippen molar-refractivity contribution in [3.63, 3.8) is 0 Å². The number of hydrogen-bond acceptors (Lipinski definition) is 4. The molecule has 1 aliphatic heterocycles. The number of carbonyl (C=O) groups excluding carboxylic acids is 1. The number of rotatable bonds is 6. The van der Waals surface area contributed by atoms with Crippen molar-refractivity contribution < 1.29 is 9.53 Å². The van der Waals surface area contributed by atoms with E-state index in [9.17, 15) is 4.79 Å². The molecule has 0 spiro atoms. The van der Waals surface area contributed by atoms with Gasteiger partial charge in [-0.15, -0.1) is 0 Å². The normalized spacial score (nSPS) is 20.8. The van der Waals surface area contributed by atoms with Crippen LogP contribution in [0.5, 0.6) is 0 Å². The van der Waals surface area contributed by atoms with Crippen molar-refractivity contribution in [1.82, 2.24) is 15.2 Å². The van der Waals surface area contributed by atoms with Crippen LogP contribution in [-0.2, 0) is 16.0 Å². The lowest BCUT2D eigenvalue weighted by Gasteiger charge is -2.31. The lowest BCUT2D eigenvalue weighted by Crippen LogP contribution is -2.49. The molecule has 1 atom stereocenters. The first kappa shape index (κ1) is 19.1. The molecule has 1 aliphatic carbocycles. The van der Waals surface area contributed by atoms with Crippen LogP contribution in [0.4, 0.5) is 0 Å². The number of aryl methyl sites for hydroxylation is 1. The Morgan fingerprint density at radius 1 is 1.27 bits per heavy atom. The van der Waals surface area contributed by atoms with Gasteiger partial charge >= 0.3 is 5.97 Å². The first-order valence-electron chi connectivity index (χ1n) is 9.87. The Labute approximate surface area is 161 Å². The standard InChI is InChI=1S/C20H29N3O2S/c24-19(25-14-6-8-16-7-4-12-21-15-16)18-11-5-13-23(18)20(26)22-17-9-2-1-3-10-17/h4,7,12,15,17-18H,1-3,5-6,8-11,13-14H2,(H,22,26)/t18-/m0/s1. The molecule has 1 aromatic rings. The van der Waals surface area contributed by atoms with Gasteiger partial charge in [-0.25, -0.2) is 4.79 Å². The number of carbonyl (C=O) groups is 1. The summed E-state index contributed by atoms with van der Waals surface area (Å²) in [5.41, 5.74) is 1.17. The second-order valence-electron chi connectivity index (χ2n) is 7.27. The van der Waals surface area contributed by atoms with Gasteiger partial charge in [0.1, 0.15) is 6.04 Å². The third kappa shape index (κ3) is 5.40. The summed E-state index contributed by atoms with van der Waals surface area (Å²) < 4.78 is 5.53. The molecule has 0 amide bonds. The second-order valence-corrected chi connectivity index (χ2v) is 7.65. The Hall–Kier alpha value is -1.69. The maximum Gasteiger partial charge on any atom is 0.328 e. The van der Waals surface area contributed by atoms with Crippen LogP contribution in [0.3, 0.4) is 0 Å². The van der Waals surface area contributed by atoms with Gasteiger partial charge in [-0.2, -0.15) is 0 Å². The number of likely N-dealkylation sites (tertiary alicyclic amines) is 1. The Morgan fingerprint density at radius 3 is 2.88 bits per heavy atom. The second kappa shape index (κ2) is 9.86. The fraction of sp³-hybridized carbons (Fsp3) is 0.650. The van der Waals surface area contributed by atoms with Gasteiger partial charge in [-0.05, 0) is 62.4 Å². The lowest BCUT2D eigenvalue weighted by atomic mass is 9.96. The van der Waals surface area contributed by atoms with Crippen LogP contribution in [0.2, 0.25) is 0 Å². The minimum absolute atomic E-state index is 0.138. The summed E-state index contributed by atoms with van der Waals surface area (Å²) in [6.07, 6.45) is 13.3. The summed E-state index contributed by atoms with van der Waals surface area (Å²) in [5, 5.41) is 4.21. The van der Waals surface area contributed by atoms with Gasteiger partial charge in [0.05, 0.1) is 6.61 Å². The number of ether oxygens (including phenoxy) is 1. The Morgan fingerprint density at radius 2 is 2.12 bits per heavy atom. The topological polar surface area (TPSA) is 54.5 Å². The van der Waals surface area contributed by atoms with Crippen LogP contribution in [0.15, 0.2) is 24.5 Å². The Kier molecular flexibility index (Phi) is 7.23. The van der Waals surface area contributed by atoms with Gasteiger partial charge in [-0.1, -0.05) is 25.3 Å². The number of nitrogens with zero attached hydrogens (tertiary/aromatic N) is 2. The highest BCUT2D eigenvalue weighted by Gasteiger charge is 2.34. The molecule has 0 bridgehead atoms. The quantitative estimate of drug-likeness (QED) is 0.468. The van der Waals surface area contributed by atoms with Crippen molar-refractivity contribution in [2.24, 2.45) is 0 Å². The minimum atomic E-state index is -0.225. The molecule has 2 aliphatic rings. The lowest BCUT2D eigenvalue weighted by molar-refractivity contribution is -0.147. The Bertz CT molecular complexity index is 590. The molecular weight excluding hydrogens is 346 g/mol. The van der Waals surface area contributed by atoms with E-state index in [2.05, 4.69) is 10.3 Å². The predicted molar refractivity (Wildman–Crippen MR) is 106 cm³/mol. The van der Waals surface area contributed by atoms with Gasteiger partial charge in [0, 0.05) is 25.0 Å². The molecule has 0 unspecified atom stereocenters. The molecule has 2 heterocycles. The van der Waals surface area contributed by atoms with Gasteiger partial charge < -0.3 is 15.0 Å². The van der Waals surface area contributed by atoms with E-state index in [0.29, 0.717) is 12.6 Å². The fourth-order valence-corrected chi connectivity index (χ4v) is 4.24. The summed E-state index contributed by atoms with van der Waals surface area (Å²) in [5.74, 6) is -0.138. The van der Waals surface area contributed by atoms with Crippen LogP contribution >= 0.6 is 12.2 Å². The van der Waals surface area contributed by atoms with Crippen LogP contribution in [0.25, 0.3) is 0 Å². The number of thiocarbonyl (C=S) groups is 1. The summed E-state index contributed by atoms with van der Waals surface area (Å²) in [6.45, 7) is 1.29. The summed E-state index contributed by atoms with van der Waals surface area (Å²) in [4.78, 5) is 18.6. The van der Waals surface area contributed by atoms with Gasteiger partial charge in [0.15, 0.2) is 5.11 Å². The maximum absolute atomic E-state index is 12.5. The molecule has 0 radical (unpaired) electrons. The fourth-order valence-electron chi connectivity index (χ4n) is 3.85. The zero-order valence-corrected chi connectivity index (χ0v) is 16.2. The van der Waals surface area contributed by atoms with Gasteiger partial charge in [0.25, 0.3) is 0 Å². The molecule has 1 aromatic heterocycles. The largest absolute Gasteiger partial charge is 0.464 e. The van der Waals surface area contributed by atoms with Crippen molar-refractivity contribution in [2.45, 2.75) is 69.9 Å². The number of nitrogens with one attached hydrogen (secondary N) is 1. The highest BCUT2D eigenvalue weighted by atomic mass is 32.1. The highest BCUT2D eigenvalue weighted by molar-refractivity contribution is 7.80. The molecule has 1 N–H and O–H groups in total. The van der Waals surface area contributed by atoms with Crippen molar-refractivity contribution in [1.29, 1.82) is 0 Å². The zero-order chi connectivity index (χ0) is 18.2. The molecule has 3 rings (SSSR count). The minimum Gasteiger partial charge on any atom is -0.464 e. The SMILES string of the molecule is O=C(OCCCc1cccnc1)[C@@H]1CCCN1C(=S)NC1CCCCC1. The van der Waals surface area contributed by atoms with Crippen LogP contribution < -0.4 is 5.32 Å². The number of aromatic nitrogens is 1. The van der Waals surface area contributed by atoms with E-state index in [1.165, 1.54) is 37.7 Å². The van der Waals surface area contributed by atoms with Gasteiger partial charge in [0.2, 0.25) is 0 Å². The average Bonchev–Trinajstić information content (AvgIpc) is 3.17. The molecule has 26 heavy (non-hydrogen) atoms. The van der Waals surface area contributed by atoms with E-state index in [4.69, 9.17) is 17.0 Å². The molecule has 142 valence electrons. The summed E-state index contributed by atoms with van der Waals surface area (Å²) >= 11 is 5.59. The number of esters is 1. The number of hydrogen-bond donors (Lipinski definition) is 1. The smallest absolute Gasteiger partial charge is 0.328 e. The number of pyridine rings is 1. The molecule has 6 heteroatoms. The van der Waals surface area contributed by atoms with Crippen LogP contribution in [0, 0.1) is 0 Å². The molecule has 1 saturated carbocycles. The van der Waals surface area contributed by atoms with Crippen molar-refractivity contribution in [3.05, 3.63) is 30.1 Å². The van der Waals surface area contributed by atoms with E-state index in [1.807, 2.05) is 23.2 Å². The van der Waals surface area contributed by atoms with E-state index < -0.39 is 0 Å². The average molecular weight is 376 g/mol. The summed E-state index contributed by atoms with van der Waals surface area (Å²) in [7, 11) is 0. The van der Waals surface area contributed by atoms with Crippen LogP contribution in [-0.4, -0.2) is 46.2 Å². The van der Waals surface area contributed by atoms with E-state index >= 15 is 0 Å². The molecule has 1 saturated heterocycles. The third-order valence-corrected chi connectivity index (χ3v) is 5.65. The van der Waals surface area contributed by atoms with Crippen molar-refractivity contribution in [3.8, 4) is 0 Å². The molecule has 5 nitrogen and oxygen atoms in total. The first-order chi connectivity index (χ1) is 12.7. The molecule has 2 fully saturated rings. The highest BCUT2D eigenvalue weighted by Crippen LogP contribution is 2.21.